The van der Waals surface area contributed by atoms with Crippen molar-refractivity contribution < 1.29 is 9.50 Å². The van der Waals surface area contributed by atoms with Crippen molar-refractivity contribution in [2.45, 2.75) is 23.7 Å². The first-order valence-corrected chi connectivity index (χ1v) is 7.27. The lowest BCUT2D eigenvalue weighted by Gasteiger charge is -2.08. The summed E-state index contributed by atoms with van der Waals surface area (Å²) in [5.74, 6) is 0.389. The van der Waals surface area contributed by atoms with E-state index in [-0.39, 0.29) is 5.82 Å². The van der Waals surface area contributed by atoms with Crippen LogP contribution in [0.1, 0.15) is 24.2 Å². The summed E-state index contributed by atoms with van der Waals surface area (Å²) >= 11 is 7.24. The van der Waals surface area contributed by atoms with E-state index in [0.717, 1.165) is 5.56 Å². The van der Waals surface area contributed by atoms with Crippen molar-refractivity contribution in [3.05, 3.63) is 64.4 Å². The van der Waals surface area contributed by atoms with Gasteiger partial charge in [0.15, 0.2) is 0 Å². The number of benzene rings is 2. The third kappa shape index (κ3) is 3.96. The summed E-state index contributed by atoms with van der Waals surface area (Å²) in [4.78, 5) is 0.583. The number of halogens is 2. The zero-order valence-corrected chi connectivity index (χ0v) is 12.0. The molecule has 0 spiro atoms. The summed E-state index contributed by atoms with van der Waals surface area (Å²) in [7, 11) is 0. The molecule has 0 aliphatic heterocycles. The van der Waals surface area contributed by atoms with Crippen LogP contribution in [0.5, 0.6) is 0 Å². The van der Waals surface area contributed by atoms with Gasteiger partial charge in [-0.25, -0.2) is 4.39 Å². The van der Waals surface area contributed by atoms with Gasteiger partial charge in [0.25, 0.3) is 0 Å². The maximum absolute atomic E-state index is 13.8. The predicted molar refractivity (Wildman–Crippen MR) is 78.0 cm³/mol. The Balaban J connectivity index is 2.05. The molecule has 0 fully saturated rings. The second-order valence-corrected chi connectivity index (χ2v) is 5.73. The molecule has 19 heavy (non-hydrogen) atoms. The maximum Gasteiger partial charge on any atom is 0.137 e. The van der Waals surface area contributed by atoms with Crippen LogP contribution in [0, 0.1) is 5.82 Å². The zero-order valence-electron chi connectivity index (χ0n) is 10.4. The van der Waals surface area contributed by atoms with E-state index < -0.39 is 6.10 Å². The molecule has 2 aromatic rings. The van der Waals surface area contributed by atoms with Crippen molar-refractivity contribution in [3.63, 3.8) is 0 Å². The molecule has 0 saturated heterocycles. The fraction of sp³-hybridized carbons (Fsp3) is 0.200. The smallest absolute Gasteiger partial charge is 0.137 e. The molecule has 1 nitrogen and oxygen atoms in total. The van der Waals surface area contributed by atoms with Gasteiger partial charge in [0.05, 0.1) is 6.10 Å². The molecule has 2 rings (SSSR count). The first kappa shape index (κ1) is 14.4. The summed E-state index contributed by atoms with van der Waals surface area (Å²) in [5.41, 5.74) is 1.68. The van der Waals surface area contributed by atoms with Crippen LogP contribution in [0.4, 0.5) is 4.39 Å². The Hall–Kier alpha value is -1.03. The van der Waals surface area contributed by atoms with Crippen LogP contribution in [0.25, 0.3) is 0 Å². The molecule has 1 atom stereocenters. The molecule has 0 aliphatic rings. The van der Waals surface area contributed by atoms with E-state index in [1.54, 1.807) is 19.1 Å². The van der Waals surface area contributed by atoms with Crippen molar-refractivity contribution in [1.82, 2.24) is 0 Å². The van der Waals surface area contributed by atoms with Crippen molar-refractivity contribution in [3.8, 4) is 0 Å². The number of rotatable bonds is 4. The van der Waals surface area contributed by atoms with Gasteiger partial charge in [-0.2, -0.15) is 0 Å². The number of thioether (sulfide) groups is 1. The fourth-order valence-corrected chi connectivity index (χ4v) is 2.64. The van der Waals surface area contributed by atoms with E-state index in [4.69, 9.17) is 11.6 Å². The predicted octanol–water partition coefficient (Wildman–Crippen LogP) is 4.82. The molecule has 100 valence electrons. The quantitative estimate of drug-likeness (QED) is 0.816. The fourth-order valence-electron chi connectivity index (χ4n) is 1.64. The minimum Gasteiger partial charge on any atom is -0.389 e. The largest absolute Gasteiger partial charge is 0.389 e. The molecule has 0 saturated carbocycles. The zero-order chi connectivity index (χ0) is 13.8. The average molecular weight is 297 g/mol. The number of aliphatic hydroxyl groups excluding tert-OH is 1. The molecular weight excluding hydrogens is 283 g/mol. The molecule has 0 amide bonds. The standard InChI is InChI=1S/C15H14ClFOS/c1-10(18)12-4-7-15(14(17)8-12)19-9-11-2-5-13(16)6-3-11/h2-8,10,18H,9H2,1H3/t10-/m1/s1. The normalized spacial score (nSPS) is 12.4. The highest BCUT2D eigenvalue weighted by Crippen LogP contribution is 2.28. The summed E-state index contributed by atoms with van der Waals surface area (Å²) in [6.45, 7) is 1.62. The van der Waals surface area contributed by atoms with Crippen molar-refractivity contribution >= 4 is 23.4 Å². The molecule has 0 unspecified atom stereocenters. The number of aliphatic hydroxyl groups is 1. The van der Waals surface area contributed by atoms with Crippen molar-refractivity contribution in [1.29, 1.82) is 0 Å². The molecule has 0 bridgehead atoms. The molecule has 0 radical (unpaired) electrons. The van der Waals surface area contributed by atoms with Gasteiger partial charge in [0.2, 0.25) is 0 Å². The van der Waals surface area contributed by atoms with Gasteiger partial charge >= 0.3 is 0 Å². The minimum absolute atomic E-state index is 0.294. The van der Waals surface area contributed by atoms with Gasteiger partial charge < -0.3 is 5.11 Å². The lowest BCUT2D eigenvalue weighted by Crippen LogP contribution is -1.93. The van der Waals surface area contributed by atoms with E-state index in [1.807, 2.05) is 24.3 Å². The summed E-state index contributed by atoms with van der Waals surface area (Å²) in [6, 6.07) is 12.3. The van der Waals surface area contributed by atoms with E-state index in [1.165, 1.54) is 17.8 Å². The van der Waals surface area contributed by atoms with Gasteiger partial charge in [-0.3, -0.25) is 0 Å². The number of hydrogen-bond acceptors (Lipinski definition) is 2. The first-order chi connectivity index (χ1) is 9.06. The highest BCUT2D eigenvalue weighted by molar-refractivity contribution is 7.98. The van der Waals surface area contributed by atoms with E-state index in [9.17, 15) is 9.50 Å². The molecule has 4 heteroatoms. The molecule has 0 aliphatic carbocycles. The first-order valence-electron chi connectivity index (χ1n) is 5.91. The second-order valence-electron chi connectivity index (χ2n) is 4.28. The van der Waals surface area contributed by atoms with Crippen LogP contribution < -0.4 is 0 Å². The number of hydrogen-bond donors (Lipinski definition) is 1. The Labute approximate surface area is 121 Å². The minimum atomic E-state index is -0.648. The molecule has 0 heterocycles. The van der Waals surface area contributed by atoms with Crippen LogP contribution in [0.3, 0.4) is 0 Å². The lowest BCUT2D eigenvalue weighted by atomic mass is 10.1. The van der Waals surface area contributed by atoms with Gasteiger partial charge in [-0.05, 0) is 42.3 Å². The maximum atomic E-state index is 13.8. The Morgan fingerprint density at radius 1 is 1.21 bits per heavy atom. The monoisotopic (exact) mass is 296 g/mol. The summed E-state index contributed by atoms with van der Waals surface area (Å²) in [6.07, 6.45) is -0.648. The third-order valence-corrected chi connectivity index (χ3v) is 4.12. The Kier molecular flexibility index (Phi) is 4.86. The summed E-state index contributed by atoms with van der Waals surface area (Å²) in [5, 5.41) is 10.1. The van der Waals surface area contributed by atoms with Gasteiger partial charge in [-0.15, -0.1) is 11.8 Å². The topological polar surface area (TPSA) is 20.2 Å². The SMILES string of the molecule is C[C@@H](O)c1ccc(SCc2ccc(Cl)cc2)c(F)c1. The van der Waals surface area contributed by atoms with E-state index in [0.29, 0.717) is 21.2 Å². The van der Waals surface area contributed by atoms with Crippen molar-refractivity contribution in [2.24, 2.45) is 0 Å². The lowest BCUT2D eigenvalue weighted by molar-refractivity contribution is 0.198. The van der Waals surface area contributed by atoms with Crippen LogP contribution in [0.15, 0.2) is 47.4 Å². The molecular formula is C15H14ClFOS. The van der Waals surface area contributed by atoms with E-state index in [2.05, 4.69) is 0 Å². The highest BCUT2D eigenvalue weighted by atomic mass is 35.5. The van der Waals surface area contributed by atoms with Crippen LogP contribution in [-0.2, 0) is 5.75 Å². The molecule has 0 aromatic heterocycles. The Bertz CT molecular complexity index is 555. The van der Waals surface area contributed by atoms with Crippen LogP contribution >= 0.6 is 23.4 Å². The second kappa shape index (κ2) is 6.42. The van der Waals surface area contributed by atoms with Crippen molar-refractivity contribution in [2.75, 3.05) is 0 Å². The van der Waals surface area contributed by atoms with Gasteiger partial charge in [0, 0.05) is 15.7 Å². The van der Waals surface area contributed by atoms with Crippen LogP contribution in [0.2, 0.25) is 5.02 Å². The van der Waals surface area contributed by atoms with Crippen LogP contribution in [-0.4, -0.2) is 5.11 Å². The Morgan fingerprint density at radius 2 is 1.89 bits per heavy atom. The third-order valence-electron chi connectivity index (χ3n) is 2.75. The Morgan fingerprint density at radius 3 is 2.47 bits per heavy atom. The van der Waals surface area contributed by atoms with Gasteiger partial charge in [-0.1, -0.05) is 29.8 Å². The van der Waals surface area contributed by atoms with E-state index >= 15 is 0 Å². The van der Waals surface area contributed by atoms with Gasteiger partial charge in [0.1, 0.15) is 5.82 Å². The summed E-state index contributed by atoms with van der Waals surface area (Å²) < 4.78 is 13.8. The highest BCUT2D eigenvalue weighted by Gasteiger charge is 2.07. The molecule has 2 aromatic carbocycles. The molecule has 1 N–H and O–H groups in total. The average Bonchev–Trinajstić information content (AvgIpc) is 2.39.